The SMILES string of the molecule is CCN1CCc2ncnc(N(C)Cc3ccc(C)o3)c2C1. The fraction of sp³-hybridized carbons (Fsp3) is 0.500. The van der Waals surface area contributed by atoms with Gasteiger partial charge in [0.2, 0.25) is 0 Å². The molecule has 0 unspecified atom stereocenters. The van der Waals surface area contributed by atoms with Gasteiger partial charge in [-0.15, -0.1) is 0 Å². The minimum absolute atomic E-state index is 0.726. The van der Waals surface area contributed by atoms with Crippen LogP contribution in [0.15, 0.2) is 22.9 Å². The van der Waals surface area contributed by atoms with E-state index in [0.717, 1.165) is 49.9 Å². The van der Waals surface area contributed by atoms with E-state index in [0.29, 0.717) is 0 Å². The number of anilines is 1. The Labute approximate surface area is 125 Å². The number of aryl methyl sites for hydroxylation is 1. The van der Waals surface area contributed by atoms with Gasteiger partial charge in [-0.1, -0.05) is 6.92 Å². The summed E-state index contributed by atoms with van der Waals surface area (Å²) >= 11 is 0. The largest absolute Gasteiger partial charge is 0.464 e. The third kappa shape index (κ3) is 2.93. The van der Waals surface area contributed by atoms with Crippen molar-refractivity contribution in [3.63, 3.8) is 0 Å². The fourth-order valence-electron chi connectivity index (χ4n) is 2.86. The summed E-state index contributed by atoms with van der Waals surface area (Å²) < 4.78 is 5.67. The molecule has 1 aliphatic heterocycles. The fourth-order valence-corrected chi connectivity index (χ4v) is 2.86. The molecule has 3 rings (SSSR count). The molecular weight excluding hydrogens is 264 g/mol. The van der Waals surface area contributed by atoms with E-state index in [9.17, 15) is 0 Å². The summed E-state index contributed by atoms with van der Waals surface area (Å²) in [6.07, 6.45) is 2.69. The van der Waals surface area contributed by atoms with E-state index >= 15 is 0 Å². The predicted molar refractivity (Wildman–Crippen MR) is 82.2 cm³/mol. The number of nitrogens with zero attached hydrogens (tertiary/aromatic N) is 4. The summed E-state index contributed by atoms with van der Waals surface area (Å²) in [4.78, 5) is 13.5. The second-order valence-electron chi connectivity index (χ2n) is 5.61. The van der Waals surface area contributed by atoms with Gasteiger partial charge < -0.3 is 9.32 Å². The van der Waals surface area contributed by atoms with Gasteiger partial charge in [-0.25, -0.2) is 9.97 Å². The van der Waals surface area contributed by atoms with Crippen molar-refractivity contribution in [1.82, 2.24) is 14.9 Å². The van der Waals surface area contributed by atoms with Gasteiger partial charge in [0.15, 0.2) is 0 Å². The molecule has 1 aliphatic rings. The molecule has 0 radical (unpaired) electrons. The second kappa shape index (κ2) is 5.85. The normalized spacial score (nSPS) is 15.0. The molecule has 2 aromatic rings. The molecule has 0 amide bonds. The maximum absolute atomic E-state index is 5.67. The van der Waals surface area contributed by atoms with Crippen LogP contribution in [0, 0.1) is 6.92 Å². The molecule has 0 atom stereocenters. The predicted octanol–water partition coefficient (Wildman–Crippen LogP) is 2.39. The Morgan fingerprint density at radius 1 is 1.33 bits per heavy atom. The van der Waals surface area contributed by atoms with E-state index in [2.05, 4.69) is 33.7 Å². The smallest absolute Gasteiger partial charge is 0.136 e. The molecule has 0 aliphatic carbocycles. The lowest BCUT2D eigenvalue weighted by Gasteiger charge is -2.30. The molecular formula is C16H22N4O. The first-order chi connectivity index (χ1) is 10.2. The zero-order chi connectivity index (χ0) is 14.8. The highest BCUT2D eigenvalue weighted by Crippen LogP contribution is 2.26. The van der Waals surface area contributed by atoms with Gasteiger partial charge in [-0.05, 0) is 25.6 Å². The summed E-state index contributed by atoms with van der Waals surface area (Å²) in [6, 6.07) is 4.02. The van der Waals surface area contributed by atoms with Crippen molar-refractivity contribution in [1.29, 1.82) is 0 Å². The van der Waals surface area contributed by atoms with Crippen molar-refractivity contribution in [3.8, 4) is 0 Å². The standard InChI is InChI=1S/C16H22N4O/c1-4-20-8-7-15-14(10-20)16(18-11-17-15)19(3)9-13-6-5-12(2)21-13/h5-6,11H,4,7-10H2,1-3H3. The quantitative estimate of drug-likeness (QED) is 0.863. The van der Waals surface area contributed by atoms with Crippen LogP contribution in [0.2, 0.25) is 0 Å². The Bertz CT molecular complexity index is 622. The maximum atomic E-state index is 5.67. The Kier molecular flexibility index (Phi) is 3.92. The summed E-state index contributed by atoms with van der Waals surface area (Å²) in [5.41, 5.74) is 2.45. The van der Waals surface area contributed by atoms with Crippen molar-refractivity contribution in [2.75, 3.05) is 25.0 Å². The summed E-state index contributed by atoms with van der Waals surface area (Å²) in [5, 5.41) is 0. The molecule has 0 aromatic carbocycles. The number of hydrogen-bond acceptors (Lipinski definition) is 5. The Morgan fingerprint density at radius 3 is 2.90 bits per heavy atom. The monoisotopic (exact) mass is 286 g/mol. The van der Waals surface area contributed by atoms with Gasteiger partial charge in [0.25, 0.3) is 0 Å². The lowest BCUT2D eigenvalue weighted by atomic mass is 10.1. The molecule has 3 heterocycles. The first-order valence-corrected chi connectivity index (χ1v) is 7.49. The zero-order valence-corrected chi connectivity index (χ0v) is 13.0. The van der Waals surface area contributed by atoms with E-state index in [4.69, 9.17) is 4.42 Å². The molecule has 5 heteroatoms. The summed E-state index contributed by atoms with van der Waals surface area (Å²) in [5.74, 6) is 2.93. The van der Waals surface area contributed by atoms with Crippen LogP contribution in [0.4, 0.5) is 5.82 Å². The van der Waals surface area contributed by atoms with Gasteiger partial charge in [0.05, 0.1) is 12.2 Å². The molecule has 5 nitrogen and oxygen atoms in total. The van der Waals surface area contributed by atoms with Gasteiger partial charge in [-0.3, -0.25) is 4.90 Å². The van der Waals surface area contributed by atoms with Crippen molar-refractivity contribution in [2.45, 2.75) is 33.4 Å². The molecule has 0 fully saturated rings. The second-order valence-corrected chi connectivity index (χ2v) is 5.61. The van der Waals surface area contributed by atoms with Gasteiger partial charge >= 0.3 is 0 Å². The molecule has 0 bridgehead atoms. The van der Waals surface area contributed by atoms with Gasteiger partial charge in [0.1, 0.15) is 23.7 Å². The van der Waals surface area contributed by atoms with Crippen molar-refractivity contribution >= 4 is 5.82 Å². The summed E-state index contributed by atoms with van der Waals surface area (Å²) in [7, 11) is 2.06. The Balaban J connectivity index is 1.84. The van der Waals surface area contributed by atoms with E-state index in [-0.39, 0.29) is 0 Å². The molecule has 0 saturated heterocycles. The molecule has 21 heavy (non-hydrogen) atoms. The first kappa shape index (κ1) is 14.1. The molecule has 0 N–H and O–H groups in total. The van der Waals surface area contributed by atoms with Crippen LogP contribution in [0.5, 0.6) is 0 Å². The van der Waals surface area contributed by atoms with Crippen molar-refractivity contribution in [2.24, 2.45) is 0 Å². The number of aromatic nitrogens is 2. The van der Waals surface area contributed by atoms with Crippen LogP contribution in [0.3, 0.4) is 0 Å². The van der Waals surface area contributed by atoms with E-state index < -0.39 is 0 Å². The summed E-state index contributed by atoms with van der Waals surface area (Å²) in [6.45, 7) is 7.97. The zero-order valence-electron chi connectivity index (χ0n) is 13.0. The van der Waals surface area contributed by atoms with Gasteiger partial charge in [0, 0.05) is 32.1 Å². The van der Waals surface area contributed by atoms with Crippen LogP contribution in [0.25, 0.3) is 0 Å². The number of fused-ring (bicyclic) bond motifs is 1. The minimum Gasteiger partial charge on any atom is -0.464 e. The Hall–Kier alpha value is -1.88. The van der Waals surface area contributed by atoms with Crippen LogP contribution in [-0.2, 0) is 19.5 Å². The van der Waals surface area contributed by atoms with Crippen LogP contribution in [0.1, 0.15) is 29.7 Å². The highest BCUT2D eigenvalue weighted by Gasteiger charge is 2.22. The van der Waals surface area contributed by atoms with Gasteiger partial charge in [-0.2, -0.15) is 0 Å². The molecule has 0 spiro atoms. The maximum Gasteiger partial charge on any atom is 0.136 e. The van der Waals surface area contributed by atoms with E-state index in [1.807, 2.05) is 19.1 Å². The van der Waals surface area contributed by atoms with Crippen LogP contribution >= 0.6 is 0 Å². The molecule has 112 valence electrons. The van der Waals surface area contributed by atoms with Crippen molar-refractivity contribution in [3.05, 3.63) is 41.2 Å². The highest BCUT2D eigenvalue weighted by molar-refractivity contribution is 5.49. The van der Waals surface area contributed by atoms with E-state index in [1.165, 1.54) is 11.3 Å². The highest BCUT2D eigenvalue weighted by atomic mass is 16.3. The number of likely N-dealkylation sites (N-methyl/N-ethyl adjacent to an activating group) is 1. The average Bonchev–Trinajstić information content (AvgIpc) is 2.91. The third-order valence-corrected chi connectivity index (χ3v) is 4.06. The minimum atomic E-state index is 0.726. The Morgan fingerprint density at radius 2 is 2.19 bits per heavy atom. The molecule has 0 saturated carbocycles. The van der Waals surface area contributed by atoms with Crippen LogP contribution < -0.4 is 4.90 Å². The molecule has 2 aromatic heterocycles. The topological polar surface area (TPSA) is 45.4 Å². The number of rotatable bonds is 4. The third-order valence-electron chi connectivity index (χ3n) is 4.06. The first-order valence-electron chi connectivity index (χ1n) is 7.49. The van der Waals surface area contributed by atoms with Crippen molar-refractivity contribution < 1.29 is 4.42 Å². The lowest BCUT2D eigenvalue weighted by molar-refractivity contribution is 0.265. The van der Waals surface area contributed by atoms with Crippen LogP contribution in [-0.4, -0.2) is 35.0 Å². The number of hydrogen-bond donors (Lipinski definition) is 0. The number of furan rings is 1. The van der Waals surface area contributed by atoms with E-state index in [1.54, 1.807) is 6.33 Å². The lowest BCUT2D eigenvalue weighted by Crippen LogP contribution is -2.33. The average molecular weight is 286 g/mol.